The van der Waals surface area contributed by atoms with Gasteiger partial charge in [0.25, 0.3) is 0 Å². The van der Waals surface area contributed by atoms with Gasteiger partial charge in [-0.05, 0) is 13.8 Å². The maximum absolute atomic E-state index is 12.8. The van der Waals surface area contributed by atoms with Crippen molar-refractivity contribution < 1.29 is 22.7 Å². The number of ether oxygens (including phenoxy) is 1. The van der Waals surface area contributed by atoms with Crippen molar-refractivity contribution in [1.29, 1.82) is 0 Å². The molecular formula is C15H27F3N4O2. The summed E-state index contributed by atoms with van der Waals surface area (Å²) in [5.74, 6) is -0.0822. The van der Waals surface area contributed by atoms with E-state index in [1.165, 1.54) is 18.9 Å². The van der Waals surface area contributed by atoms with E-state index in [0.717, 1.165) is 0 Å². The van der Waals surface area contributed by atoms with Crippen LogP contribution in [0.25, 0.3) is 0 Å². The van der Waals surface area contributed by atoms with Gasteiger partial charge in [-0.15, -0.1) is 0 Å². The maximum atomic E-state index is 12.8. The highest BCUT2D eigenvalue weighted by Crippen LogP contribution is 2.25. The van der Waals surface area contributed by atoms with Crippen LogP contribution in [-0.2, 0) is 9.53 Å². The highest BCUT2D eigenvalue weighted by atomic mass is 19.4. The van der Waals surface area contributed by atoms with Crippen LogP contribution in [-0.4, -0.2) is 80.3 Å². The standard InChI is InChI=1S/C15H27F3N4O2/c1-5-19-14(20-10-11(2)13(23)24-4)22-8-6-21(7-9-22)12(3)15(16,17)18/h11-12H,5-10H2,1-4H3,(H,19,20). The fraction of sp³-hybridized carbons (Fsp3) is 0.867. The van der Waals surface area contributed by atoms with Gasteiger partial charge in [0.2, 0.25) is 0 Å². The van der Waals surface area contributed by atoms with Crippen molar-refractivity contribution >= 4 is 11.9 Å². The molecule has 9 heteroatoms. The fourth-order valence-electron chi connectivity index (χ4n) is 2.45. The van der Waals surface area contributed by atoms with Gasteiger partial charge < -0.3 is 15.0 Å². The molecule has 2 atom stereocenters. The number of hydrogen-bond donors (Lipinski definition) is 1. The molecule has 0 aromatic rings. The lowest BCUT2D eigenvalue weighted by Crippen LogP contribution is -2.56. The molecule has 0 saturated carbocycles. The van der Waals surface area contributed by atoms with Crippen molar-refractivity contribution in [3.63, 3.8) is 0 Å². The Morgan fingerprint density at radius 1 is 1.25 bits per heavy atom. The van der Waals surface area contributed by atoms with Gasteiger partial charge in [0.15, 0.2) is 5.96 Å². The zero-order valence-electron chi connectivity index (χ0n) is 14.7. The summed E-state index contributed by atoms with van der Waals surface area (Å²) in [6, 6.07) is -1.45. The molecule has 0 spiro atoms. The van der Waals surface area contributed by atoms with Crippen molar-refractivity contribution in [1.82, 2.24) is 15.1 Å². The first-order chi connectivity index (χ1) is 11.2. The molecule has 6 nitrogen and oxygen atoms in total. The van der Waals surface area contributed by atoms with E-state index in [9.17, 15) is 18.0 Å². The molecule has 1 N–H and O–H groups in total. The summed E-state index contributed by atoms with van der Waals surface area (Å²) in [5.41, 5.74) is 0. The molecular weight excluding hydrogens is 325 g/mol. The zero-order valence-corrected chi connectivity index (χ0v) is 14.7. The number of nitrogens with one attached hydrogen (secondary N) is 1. The van der Waals surface area contributed by atoms with E-state index in [4.69, 9.17) is 0 Å². The molecule has 2 unspecified atom stereocenters. The lowest BCUT2D eigenvalue weighted by molar-refractivity contribution is -0.181. The number of piperazine rings is 1. The van der Waals surface area contributed by atoms with Gasteiger partial charge in [0.1, 0.15) is 6.04 Å². The van der Waals surface area contributed by atoms with E-state index in [0.29, 0.717) is 38.7 Å². The second-order valence-electron chi connectivity index (χ2n) is 5.86. The fourth-order valence-corrected chi connectivity index (χ4v) is 2.45. The number of hydrogen-bond acceptors (Lipinski definition) is 4. The number of alkyl halides is 3. The van der Waals surface area contributed by atoms with E-state index < -0.39 is 12.2 Å². The second-order valence-corrected chi connectivity index (χ2v) is 5.86. The first-order valence-electron chi connectivity index (χ1n) is 8.12. The predicted octanol–water partition coefficient (Wildman–Crippen LogP) is 1.33. The Labute approximate surface area is 141 Å². The monoisotopic (exact) mass is 352 g/mol. The molecule has 1 aliphatic heterocycles. The average Bonchev–Trinajstić information content (AvgIpc) is 2.56. The molecule has 0 bridgehead atoms. The van der Waals surface area contributed by atoms with E-state index in [-0.39, 0.29) is 18.4 Å². The van der Waals surface area contributed by atoms with Crippen LogP contribution >= 0.6 is 0 Å². The van der Waals surface area contributed by atoms with Crippen molar-refractivity contribution in [2.75, 3.05) is 46.4 Å². The molecule has 1 aliphatic rings. The molecule has 140 valence electrons. The van der Waals surface area contributed by atoms with Crippen LogP contribution in [0, 0.1) is 5.92 Å². The maximum Gasteiger partial charge on any atom is 0.403 e. The number of guanidine groups is 1. The minimum Gasteiger partial charge on any atom is -0.469 e. The normalized spacial score (nSPS) is 19.8. The van der Waals surface area contributed by atoms with E-state index >= 15 is 0 Å². The number of rotatable bonds is 5. The summed E-state index contributed by atoms with van der Waals surface area (Å²) in [6.07, 6.45) is -4.21. The number of carbonyl (C=O) groups excluding carboxylic acids is 1. The summed E-state index contributed by atoms with van der Waals surface area (Å²) < 4.78 is 43.0. The number of methoxy groups -OCH3 is 1. The van der Waals surface area contributed by atoms with E-state index in [2.05, 4.69) is 15.0 Å². The lowest BCUT2D eigenvalue weighted by atomic mass is 10.2. The third-order valence-corrected chi connectivity index (χ3v) is 4.09. The Morgan fingerprint density at radius 2 is 1.83 bits per heavy atom. The van der Waals surface area contributed by atoms with Crippen LogP contribution in [0.3, 0.4) is 0 Å². The first kappa shape index (κ1) is 20.5. The topological polar surface area (TPSA) is 57.2 Å². The van der Waals surface area contributed by atoms with Crippen LogP contribution in [0.4, 0.5) is 13.2 Å². The number of aliphatic imine (C=N–C) groups is 1. The molecule has 0 aromatic heterocycles. The molecule has 0 radical (unpaired) electrons. The van der Waals surface area contributed by atoms with Gasteiger partial charge in [-0.3, -0.25) is 14.7 Å². The third kappa shape index (κ3) is 5.85. The number of halogens is 3. The van der Waals surface area contributed by atoms with Gasteiger partial charge in [-0.25, -0.2) is 0 Å². The number of carbonyl (C=O) groups is 1. The highest BCUT2D eigenvalue weighted by molar-refractivity contribution is 5.80. The average molecular weight is 352 g/mol. The van der Waals surface area contributed by atoms with Gasteiger partial charge in [-0.1, -0.05) is 6.92 Å². The Morgan fingerprint density at radius 3 is 2.29 bits per heavy atom. The van der Waals surface area contributed by atoms with Crippen LogP contribution in [0.15, 0.2) is 4.99 Å². The Balaban J connectivity index is 2.64. The van der Waals surface area contributed by atoms with Gasteiger partial charge >= 0.3 is 12.1 Å². The molecule has 24 heavy (non-hydrogen) atoms. The molecule has 0 aliphatic carbocycles. The van der Waals surface area contributed by atoms with Crippen molar-refractivity contribution in [2.24, 2.45) is 10.9 Å². The highest BCUT2D eigenvalue weighted by Gasteiger charge is 2.41. The van der Waals surface area contributed by atoms with Crippen LogP contribution in [0.2, 0.25) is 0 Å². The number of nitrogens with zero attached hydrogens (tertiary/aromatic N) is 3. The molecule has 1 heterocycles. The lowest BCUT2D eigenvalue weighted by Gasteiger charge is -2.39. The smallest absolute Gasteiger partial charge is 0.403 e. The van der Waals surface area contributed by atoms with Gasteiger partial charge in [-0.2, -0.15) is 13.2 Å². The number of esters is 1. The summed E-state index contributed by atoms with van der Waals surface area (Å²) in [5, 5.41) is 3.12. The molecule has 1 rings (SSSR count). The van der Waals surface area contributed by atoms with Gasteiger partial charge in [0.05, 0.1) is 19.6 Å². The minimum atomic E-state index is -4.21. The molecule has 1 fully saturated rings. The minimum absolute atomic E-state index is 0.272. The Hall–Kier alpha value is -1.51. The third-order valence-electron chi connectivity index (χ3n) is 4.09. The van der Waals surface area contributed by atoms with Crippen molar-refractivity contribution in [3.05, 3.63) is 0 Å². The SMILES string of the molecule is CCNC(=NCC(C)C(=O)OC)N1CCN(C(C)C(F)(F)F)CC1. The summed E-state index contributed by atoms with van der Waals surface area (Å²) in [7, 11) is 1.33. The Bertz CT molecular complexity index is 435. The van der Waals surface area contributed by atoms with E-state index in [1.807, 2.05) is 11.8 Å². The summed E-state index contributed by atoms with van der Waals surface area (Å²) >= 11 is 0. The summed E-state index contributed by atoms with van der Waals surface area (Å²) in [4.78, 5) is 19.2. The van der Waals surface area contributed by atoms with Crippen molar-refractivity contribution in [3.8, 4) is 0 Å². The van der Waals surface area contributed by atoms with Crippen molar-refractivity contribution in [2.45, 2.75) is 33.0 Å². The largest absolute Gasteiger partial charge is 0.469 e. The molecule has 1 saturated heterocycles. The van der Waals surface area contributed by atoms with Crippen LogP contribution < -0.4 is 5.32 Å². The predicted molar refractivity (Wildman–Crippen MR) is 85.8 cm³/mol. The van der Waals surface area contributed by atoms with E-state index in [1.54, 1.807) is 6.92 Å². The first-order valence-corrected chi connectivity index (χ1v) is 8.12. The molecule has 0 amide bonds. The van der Waals surface area contributed by atoms with Crippen LogP contribution in [0.1, 0.15) is 20.8 Å². The quantitative estimate of drug-likeness (QED) is 0.460. The van der Waals surface area contributed by atoms with Crippen LogP contribution in [0.5, 0.6) is 0 Å². The van der Waals surface area contributed by atoms with Gasteiger partial charge in [0, 0.05) is 32.7 Å². The molecule has 0 aromatic carbocycles. The summed E-state index contributed by atoms with van der Waals surface area (Å²) in [6.45, 7) is 7.29. The zero-order chi connectivity index (χ0) is 18.3. The Kier molecular flexibility index (Phi) is 7.78. The second kappa shape index (κ2) is 9.10.